The fourth-order valence-corrected chi connectivity index (χ4v) is 13.4. The Morgan fingerprint density at radius 1 is 0.347 bits per heavy atom. The number of anilines is 9. The second-order valence-corrected chi connectivity index (χ2v) is 25.7. The van der Waals surface area contributed by atoms with Crippen molar-refractivity contribution in [3.05, 3.63) is 258 Å². The fourth-order valence-electron chi connectivity index (χ4n) is 11.9. The third-order valence-corrected chi connectivity index (χ3v) is 19.5. The Bertz CT molecular complexity index is 4630. The molecule has 19 nitrogen and oxygen atoms in total. The van der Waals surface area contributed by atoms with Gasteiger partial charge in [-0.25, -0.2) is 39.5 Å². The molecule has 6 aromatic carbocycles. The van der Waals surface area contributed by atoms with E-state index >= 15 is 26.3 Å². The van der Waals surface area contributed by atoms with Crippen molar-refractivity contribution in [1.29, 1.82) is 0 Å². The first-order valence-corrected chi connectivity index (χ1v) is 31.8. The number of carbonyl (C=O) groups is 3. The minimum Gasteiger partial charge on any atom is -0.322 e. The topological polar surface area (TPSA) is 185 Å². The standard InChI is InChI=1S/C66H49Cl3F9N9O10P/c1-31-49(10-7-43(70)61(31)76)79-25-82(64(91)37-19-46(73)40(67)22-55(37)79)52-13-16-58(88)85(34(52)4)28-95-98(94,96-29-86-35(5)53(14-17-59(86)89)83-26-80(50-11-8-44(71)62(77)32(50)2)56-23-41(68)47(74)20-38(56)65(83)92)97-30-87-36(6)54(15-18-60(87)90)84-27-81(51-12-9-45(72)63(78)33(51)3)57-24-42(69)48(75)21-39(57)66(84)93/h7-24,94H,25-30H2,1-6H3/q+1. The average Bonchev–Trinajstić information content (AvgIpc) is 0.756. The van der Waals surface area contributed by atoms with Crippen molar-refractivity contribution in [2.24, 2.45) is 0 Å². The van der Waals surface area contributed by atoms with Crippen molar-refractivity contribution >= 4 is 112 Å². The Morgan fingerprint density at radius 2 is 0.592 bits per heavy atom. The molecule has 506 valence electrons. The van der Waals surface area contributed by atoms with Crippen LogP contribution >= 0.6 is 43.0 Å². The summed E-state index contributed by atoms with van der Waals surface area (Å²) in [4.78, 5) is 106. The van der Waals surface area contributed by atoms with Gasteiger partial charge < -0.3 is 14.7 Å². The lowest BCUT2D eigenvalue weighted by atomic mass is 10.0. The molecular weight excluding hydrogens is 1390 g/mol. The molecular formula is C66H49Cl3F9N9O10P+. The fraction of sp³-hybridized carbons (Fsp3) is 0.182. The van der Waals surface area contributed by atoms with Crippen molar-refractivity contribution < 1.29 is 72.4 Å². The van der Waals surface area contributed by atoms with Gasteiger partial charge >= 0.3 is 8.17 Å². The number of nitrogens with zero attached hydrogens (tertiary/aromatic N) is 9. The molecule has 3 aromatic heterocycles. The summed E-state index contributed by atoms with van der Waals surface area (Å²) in [6.45, 7) is 3.22. The van der Waals surface area contributed by atoms with Crippen LogP contribution in [-0.2, 0) is 33.8 Å². The molecule has 0 aliphatic carbocycles. The normalized spacial score (nSPS) is 14.1. The van der Waals surface area contributed by atoms with Crippen LogP contribution in [0.3, 0.4) is 0 Å². The van der Waals surface area contributed by atoms with Crippen LogP contribution in [0, 0.1) is 93.9 Å². The molecule has 0 saturated carbocycles. The van der Waals surface area contributed by atoms with Gasteiger partial charge in [0.1, 0.15) is 37.5 Å². The molecule has 98 heavy (non-hydrogen) atoms. The van der Waals surface area contributed by atoms with Crippen LogP contribution in [0.5, 0.6) is 0 Å². The number of benzene rings is 6. The molecule has 32 heteroatoms. The van der Waals surface area contributed by atoms with Crippen LogP contribution in [0.15, 0.2) is 124 Å². The lowest BCUT2D eigenvalue weighted by Crippen LogP contribution is -2.46. The first-order valence-electron chi connectivity index (χ1n) is 29.2. The number of aromatic nitrogens is 3. The summed E-state index contributed by atoms with van der Waals surface area (Å²) in [6, 6.07) is 18.8. The predicted octanol–water partition coefficient (Wildman–Crippen LogP) is 14.5. The molecule has 0 unspecified atom stereocenters. The van der Waals surface area contributed by atoms with E-state index in [0.29, 0.717) is 0 Å². The van der Waals surface area contributed by atoms with E-state index in [2.05, 4.69) is 0 Å². The monoisotopic (exact) mass is 1430 g/mol. The Labute approximate surface area is 564 Å². The van der Waals surface area contributed by atoms with Crippen LogP contribution in [0.4, 0.5) is 90.7 Å². The second-order valence-electron chi connectivity index (χ2n) is 22.7. The molecule has 0 spiro atoms. The number of amides is 3. The average molecular weight is 1440 g/mol. The highest BCUT2D eigenvalue weighted by Crippen LogP contribution is 2.59. The minimum absolute atomic E-state index is 0.00434. The van der Waals surface area contributed by atoms with Crippen LogP contribution in [0.1, 0.15) is 64.8 Å². The highest BCUT2D eigenvalue weighted by atomic mass is 35.5. The van der Waals surface area contributed by atoms with Gasteiger partial charge in [-0.1, -0.05) is 34.8 Å². The third kappa shape index (κ3) is 11.9. The largest absolute Gasteiger partial charge is 0.578 e. The van der Waals surface area contributed by atoms with E-state index in [1.807, 2.05) is 0 Å². The van der Waals surface area contributed by atoms with Gasteiger partial charge in [-0.3, -0.25) is 57.2 Å². The number of hydrogen-bond donors (Lipinski definition) is 1. The molecule has 0 bridgehead atoms. The van der Waals surface area contributed by atoms with Gasteiger partial charge in [0.25, 0.3) is 34.4 Å². The summed E-state index contributed by atoms with van der Waals surface area (Å²) in [7, 11) is -5.22. The van der Waals surface area contributed by atoms with Crippen LogP contribution in [-0.4, -0.2) is 56.3 Å². The number of hydrogen-bond acceptors (Lipinski definition) is 13. The molecule has 3 aliphatic heterocycles. The van der Waals surface area contributed by atoms with E-state index in [1.54, 1.807) is 0 Å². The number of fused-ring (bicyclic) bond motifs is 3. The highest BCUT2D eigenvalue weighted by molar-refractivity contribution is 7.55. The zero-order valence-corrected chi connectivity index (χ0v) is 54.9. The van der Waals surface area contributed by atoms with E-state index in [-0.39, 0.29) is 102 Å². The summed E-state index contributed by atoms with van der Waals surface area (Å²) in [5, 5.41) is -1.24. The van der Waals surface area contributed by atoms with Crippen molar-refractivity contribution in [3.8, 4) is 0 Å². The summed E-state index contributed by atoms with van der Waals surface area (Å²) in [5.74, 6) is -12.9. The number of rotatable bonds is 15. The van der Waals surface area contributed by atoms with Crippen molar-refractivity contribution in [1.82, 2.24) is 13.7 Å². The molecule has 0 radical (unpaired) electrons. The van der Waals surface area contributed by atoms with E-state index in [9.17, 15) is 46.8 Å². The van der Waals surface area contributed by atoms with Crippen molar-refractivity contribution in [2.45, 2.75) is 61.7 Å². The SMILES string of the molecule is Cc1c(N2CN(c3ccc(=O)n(CO[P+](O)(OCn4c(C)c(N5CN(c6ccc(F)c(F)c6C)c6cc(Cl)c(F)cc6C5=O)ccc4=O)OCn4c(C)c(N5CN(c6ccc(F)c(F)c6C)c6cc(Cl)c(F)cc6C5=O)ccc4=O)c3C)C(=O)c3cc(F)c(Cl)cc32)ccc(F)c1F. The minimum atomic E-state index is -5.22. The number of pyridine rings is 3. The van der Waals surface area contributed by atoms with Gasteiger partial charge in [0, 0.05) is 69.0 Å². The lowest BCUT2D eigenvalue weighted by molar-refractivity contribution is 0.0235. The Morgan fingerprint density at radius 3 is 0.847 bits per heavy atom. The molecule has 1 N–H and O–H groups in total. The van der Waals surface area contributed by atoms with E-state index in [0.717, 1.165) is 101 Å². The first kappa shape index (κ1) is 68.4. The second kappa shape index (κ2) is 26.1. The van der Waals surface area contributed by atoms with Gasteiger partial charge in [0.05, 0.1) is 65.9 Å². The molecule has 3 aliphatic rings. The van der Waals surface area contributed by atoms with Gasteiger partial charge in [-0.2, -0.15) is 4.89 Å². The molecule has 3 amide bonds. The number of halogens is 12. The third-order valence-electron chi connectivity index (χ3n) is 17.3. The Hall–Kier alpha value is -9.51. The van der Waals surface area contributed by atoms with E-state index in [1.165, 1.54) is 92.6 Å². The summed E-state index contributed by atoms with van der Waals surface area (Å²) >= 11 is 18.6. The molecule has 6 heterocycles. The molecule has 0 fully saturated rings. The molecule has 12 rings (SSSR count). The maximum Gasteiger partial charge on any atom is 0.578 e. The zero-order chi connectivity index (χ0) is 70.6. The van der Waals surface area contributed by atoms with Crippen LogP contribution in [0.2, 0.25) is 15.1 Å². The quantitative estimate of drug-likeness (QED) is 0.0756. The Balaban J connectivity index is 0.917. The van der Waals surface area contributed by atoms with Gasteiger partial charge in [-0.15, -0.1) is 13.6 Å². The summed E-state index contributed by atoms with van der Waals surface area (Å²) < 4.78 is 156. The summed E-state index contributed by atoms with van der Waals surface area (Å²) in [6.07, 6.45) is 0. The van der Waals surface area contributed by atoms with Gasteiger partial charge in [-0.05, 0) is 133 Å². The summed E-state index contributed by atoms with van der Waals surface area (Å²) in [5.41, 5.74) is -4.48. The van der Waals surface area contributed by atoms with Gasteiger partial charge in [0.15, 0.2) is 55.1 Å². The molecule has 9 aromatic rings. The Kier molecular flexibility index (Phi) is 18.2. The highest BCUT2D eigenvalue weighted by Gasteiger charge is 2.48. The maximum atomic E-state index is 15.3. The van der Waals surface area contributed by atoms with Crippen LogP contribution < -0.4 is 46.1 Å². The molecule has 0 saturated heterocycles. The van der Waals surface area contributed by atoms with E-state index < -0.39 is 150 Å². The maximum absolute atomic E-state index is 15.3. The van der Waals surface area contributed by atoms with Crippen molar-refractivity contribution in [2.75, 3.05) is 49.4 Å². The number of carbonyl (C=O) groups excluding carboxylic acids is 3. The zero-order valence-electron chi connectivity index (χ0n) is 51.8. The predicted molar refractivity (Wildman–Crippen MR) is 348 cm³/mol. The lowest BCUT2D eigenvalue weighted by Gasteiger charge is -2.39. The van der Waals surface area contributed by atoms with E-state index in [4.69, 9.17) is 48.4 Å². The van der Waals surface area contributed by atoms with Crippen LogP contribution in [0.25, 0.3) is 0 Å². The molecule has 0 atom stereocenters. The first-order chi connectivity index (χ1) is 46.4. The van der Waals surface area contributed by atoms with Gasteiger partial charge in [0.2, 0.25) is 0 Å². The smallest absolute Gasteiger partial charge is 0.322 e. The van der Waals surface area contributed by atoms with Crippen molar-refractivity contribution in [3.63, 3.8) is 0 Å².